The van der Waals surface area contributed by atoms with Crippen molar-refractivity contribution in [1.82, 2.24) is 0 Å². The van der Waals surface area contributed by atoms with Crippen LogP contribution >= 0.6 is 0 Å². The van der Waals surface area contributed by atoms with Gasteiger partial charge in [-0.1, -0.05) is 6.42 Å². The second kappa shape index (κ2) is 6.47. The SMILES string of the molecule is C[SiH]1CCCCO1.O[SiH3]. The highest BCUT2D eigenvalue weighted by Crippen LogP contribution is 2.09. The fourth-order valence-corrected chi connectivity index (χ4v) is 2.50. The van der Waals surface area contributed by atoms with Gasteiger partial charge in [-0.2, -0.15) is 0 Å². The molecule has 1 rings (SSSR count). The minimum absolute atomic E-state index is 0.306. The van der Waals surface area contributed by atoms with Crippen LogP contribution in [0.1, 0.15) is 12.8 Å². The van der Waals surface area contributed by atoms with E-state index in [0.29, 0.717) is 10.5 Å². The molecule has 56 valence electrons. The van der Waals surface area contributed by atoms with Crippen molar-refractivity contribution in [2.45, 2.75) is 25.4 Å². The first kappa shape index (κ1) is 9.35. The van der Waals surface area contributed by atoms with Crippen molar-refractivity contribution in [1.29, 1.82) is 0 Å². The first-order valence-corrected chi connectivity index (χ1v) is 6.79. The van der Waals surface area contributed by atoms with E-state index in [9.17, 15) is 0 Å². The Kier molecular flexibility index (Phi) is 6.73. The third-order valence-electron chi connectivity index (χ3n) is 1.41. The van der Waals surface area contributed by atoms with E-state index in [1.165, 1.54) is 18.9 Å². The van der Waals surface area contributed by atoms with E-state index < -0.39 is 9.04 Å². The van der Waals surface area contributed by atoms with Crippen LogP contribution in [0.15, 0.2) is 0 Å². The van der Waals surface area contributed by atoms with Gasteiger partial charge in [-0.15, -0.1) is 0 Å². The fourth-order valence-electron chi connectivity index (χ4n) is 0.902. The largest absolute Gasteiger partial charge is 0.442 e. The molecule has 1 N–H and O–H groups in total. The molecule has 1 atom stereocenters. The van der Waals surface area contributed by atoms with Gasteiger partial charge < -0.3 is 9.22 Å². The third kappa shape index (κ3) is 4.83. The van der Waals surface area contributed by atoms with E-state index >= 15 is 0 Å². The number of hydrogen-bond acceptors (Lipinski definition) is 2. The van der Waals surface area contributed by atoms with E-state index in [4.69, 9.17) is 9.22 Å². The van der Waals surface area contributed by atoms with Crippen LogP contribution in [0.25, 0.3) is 0 Å². The maximum Gasteiger partial charge on any atom is 0.173 e. The van der Waals surface area contributed by atoms with Crippen LogP contribution in [0.5, 0.6) is 0 Å². The molecular formula is C5H16O2Si2. The Balaban J connectivity index is 0.000000291. The van der Waals surface area contributed by atoms with E-state index in [2.05, 4.69) is 6.55 Å². The van der Waals surface area contributed by atoms with Gasteiger partial charge in [-0.3, -0.25) is 0 Å². The maximum atomic E-state index is 7.14. The molecule has 0 spiro atoms. The zero-order valence-electron chi connectivity index (χ0n) is 6.26. The molecule has 0 aromatic rings. The summed E-state index contributed by atoms with van der Waals surface area (Å²) in [6, 6.07) is 1.40. The van der Waals surface area contributed by atoms with Gasteiger partial charge in [0.15, 0.2) is 9.04 Å². The van der Waals surface area contributed by atoms with E-state index in [1.54, 1.807) is 0 Å². The predicted octanol–water partition coefficient (Wildman–Crippen LogP) is -0.591. The maximum absolute atomic E-state index is 7.14. The van der Waals surface area contributed by atoms with E-state index in [0.717, 1.165) is 6.61 Å². The van der Waals surface area contributed by atoms with Crippen LogP contribution in [0.3, 0.4) is 0 Å². The molecule has 1 heterocycles. The molecule has 0 bridgehead atoms. The first-order chi connectivity index (χ1) is 4.39. The first-order valence-electron chi connectivity index (χ1n) is 3.46. The van der Waals surface area contributed by atoms with Gasteiger partial charge in [-0.25, -0.2) is 0 Å². The Bertz CT molecular complexity index is 54.9. The van der Waals surface area contributed by atoms with Gasteiger partial charge in [0.2, 0.25) is 0 Å². The normalized spacial score (nSPS) is 26.7. The Labute approximate surface area is 61.5 Å². The summed E-state index contributed by atoms with van der Waals surface area (Å²) in [5, 5.41) is 0. The molecule has 9 heavy (non-hydrogen) atoms. The molecule has 0 saturated carbocycles. The van der Waals surface area contributed by atoms with Gasteiger partial charge in [0, 0.05) is 6.61 Å². The van der Waals surface area contributed by atoms with Gasteiger partial charge in [0.05, 0.1) is 0 Å². The van der Waals surface area contributed by atoms with Gasteiger partial charge in [-0.05, 0) is 19.0 Å². The second-order valence-electron chi connectivity index (χ2n) is 2.18. The smallest absolute Gasteiger partial charge is 0.173 e. The lowest BCUT2D eigenvalue weighted by molar-refractivity contribution is 0.291. The lowest BCUT2D eigenvalue weighted by atomic mass is 10.4. The Morgan fingerprint density at radius 3 is 2.33 bits per heavy atom. The third-order valence-corrected chi connectivity index (χ3v) is 3.43. The van der Waals surface area contributed by atoms with Crippen LogP contribution in [0.4, 0.5) is 0 Å². The molecule has 0 amide bonds. The average molecular weight is 164 g/mol. The molecule has 0 aromatic heterocycles. The molecule has 1 aliphatic heterocycles. The van der Waals surface area contributed by atoms with Crippen LogP contribution in [0, 0.1) is 0 Å². The van der Waals surface area contributed by atoms with Crippen LogP contribution in [0.2, 0.25) is 12.6 Å². The molecule has 0 radical (unpaired) electrons. The summed E-state index contributed by atoms with van der Waals surface area (Å²) in [4.78, 5) is 7.14. The van der Waals surface area contributed by atoms with Crippen molar-refractivity contribution in [3.63, 3.8) is 0 Å². The summed E-state index contributed by atoms with van der Waals surface area (Å²) in [6.07, 6.45) is 2.73. The van der Waals surface area contributed by atoms with Crippen molar-refractivity contribution in [2.24, 2.45) is 0 Å². The summed E-state index contributed by atoms with van der Waals surface area (Å²) >= 11 is 0. The molecule has 0 aromatic carbocycles. The highest BCUT2D eigenvalue weighted by atomic mass is 28.3. The van der Waals surface area contributed by atoms with Gasteiger partial charge in [0.1, 0.15) is 10.5 Å². The Morgan fingerprint density at radius 1 is 1.44 bits per heavy atom. The predicted molar refractivity (Wildman–Crippen MR) is 45.2 cm³/mol. The van der Waals surface area contributed by atoms with Gasteiger partial charge >= 0.3 is 0 Å². The van der Waals surface area contributed by atoms with Crippen molar-refractivity contribution in [3.05, 3.63) is 0 Å². The molecule has 0 aliphatic carbocycles. The summed E-state index contributed by atoms with van der Waals surface area (Å²) in [5.41, 5.74) is 0. The minimum Gasteiger partial charge on any atom is -0.442 e. The molecule has 2 nitrogen and oxygen atoms in total. The van der Waals surface area contributed by atoms with Crippen molar-refractivity contribution >= 4 is 19.5 Å². The van der Waals surface area contributed by atoms with Crippen molar-refractivity contribution < 1.29 is 9.22 Å². The topological polar surface area (TPSA) is 29.5 Å². The summed E-state index contributed by atoms with van der Waals surface area (Å²) in [7, 11) is -0.289. The Morgan fingerprint density at radius 2 is 2.11 bits per heavy atom. The molecule has 1 unspecified atom stereocenters. The minimum atomic E-state index is -0.595. The number of rotatable bonds is 0. The van der Waals surface area contributed by atoms with Crippen molar-refractivity contribution in [3.8, 4) is 0 Å². The molecule has 4 heteroatoms. The molecule has 1 saturated heterocycles. The van der Waals surface area contributed by atoms with E-state index in [1.807, 2.05) is 0 Å². The monoisotopic (exact) mass is 164 g/mol. The highest BCUT2D eigenvalue weighted by molar-refractivity contribution is 6.50. The lowest BCUT2D eigenvalue weighted by Gasteiger charge is -2.16. The highest BCUT2D eigenvalue weighted by Gasteiger charge is 2.08. The summed E-state index contributed by atoms with van der Waals surface area (Å²) in [5.74, 6) is 0. The zero-order chi connectivity index (χ0) is 7.11. The Hall–Kier alpha value is 0.354. The average Bonchev–Trinajstić information content (AvgIpc) is 1.94. The molecule has 1 fully saturated rings. The molecule has 1 aliphatic rings. The summed E-state index contributed by atoms with van der Waals surface area (Å²) in [6.45, 7) is 3.33. The van der Waals surface area contributed by atoms with Gasteiger partial charge in [0.25, 0.3) is 0 Å². The quantitative estimate of drug-likeness (QED) is 0.485. The fraction of sp³-hybridized carbons (Fsp3) is 1.00. The zero-order valence-corrected chi connectivity index (χ0v) is 9.42. The standard InChI is InChI=1S/C5H12OSi.H4OSi/c1-7-5-3-2-4-6-7;1-2/h7H,2-5H2,1H3;1H,2H3. The number of hydrogen-bond donors (Lipinski definition) is 1. The second-order valence-corrected chi connectivity index (χ2v) is 4.71. The molecular weight excluding hydrogens is 148 g/mol. The summed E-state index contributed by atoms with van der Waals surface area (Å²) < 4.78 is 5.42. The van der Waals surface area contributed by atoms with Crippen LogP contribution in [-0.4, -0.2) is 30.9 Å². The van der Waals surface area contributed by atoms with E-state index in [-0.39, 0.29) is 0 Å². The van der Waals surface area contributed by atoms with Crippen LogP contribution in [-0.2, 0) is 4.43 Å². The van der Waals surface area contributed by atoms with Crippen LogP contribution < -0.4 is 0 Å². The lowest BCUT2D eigenvalue weighted by Crippen LogP contribution is -2.18. The van der Waals surface area contributed by atoms with Crippen molar-refractivity contribution in [2.75, 3.05) is 6.61 Å².